The van der Waals surface area contributed by atoms with Crippen molar-refractivity contribution in [1.29, 1.82) is 0 Å². The number of unbranched alkanes of at least 4 members (excludes halogenated alkanes) is 3. The van der Waals surface area contributed by atoms with Gasteiger partial charge in [0.2, 0.25) is 5.91 Å². The van der Waals surface area contributed by atoms with Gasteiger partial charge in [0.1, 0.15) is 11.5 Å². The lowest BCUT2D eigenvalue weighted by Gasteiger charge is -2.33. The minimum atomic E-state index is -1.25. The Morgan fingerprint density at radius 3 is 1.82 bits per heavy atom. The minimum Gasteiger partial charge on any atom is -0.508 e. The first-order chi connectivity index (χ1) is 24.3. The summed E-state index contributed by atoms with van der Waals surface area (Å²) in [7, 11) is 1.93. The smallest absolute Gasteiger partial charge is 0.340 e. The Bertz CT molecular complexity index is 1520. The minimum absolute atomic E-state index is 0.111. The fourth-order valence-corrected chi connectivity index (χ4v) is 6.05. The van der Waals surface area contributed by atoms with Crippen molar-refractivity contribution in [3.8, 4) is 11.5 Å². The molecular formula is C44H63NO6. The molecule has 1 aliphatic carbocycles. The van der Waals surface area contributed by atoms with Gasteiger partial charge in [-0.1, -0.05) is 110 Å². The summed E-state index contributed by atoms with van der Waals surface area (Å²) in [4.78, 5) is 38.2. The predicted molar refractivity (Wildman–Crippen MR) is 208 cm³/mol. The van der Waals surface area contributed by atoms with Crippen LogP contribution in [0.2, 0.25) is 0 Å². The number of hydrogen-bond donors (Lipinski definition) is 2. The van der Waals surface area contributed by atoms with Crippen LogP contribution in [0.1, 0.15) is 161 Å². The molecule has 0 aromatic heterocycles. The van der Waals surface area contributed by atoms with E-state index in [2.05, 4.69) is 20.8 Å². The van der Waals surface area contributed by atoms with Crippen LogP contribution in [0.25, 0.3) is 0 Å². The van der Waals surface area contributed by atoms with Gasteiger partial charge in [-0.05, 0) is 81.0 Å². The first-order valence-electron chi connectivity index (χ1n) is 19.1. The highest BCUT2D eigenvalue weighted by molar-refractivity contribution is 6.01. The van der Waals surface area contributed by atoms with Crippen LogP contribution in [0.4, 0.5) is 0 Å². The predicted octanol–water partition coefficient (Wildman–Crippen LogP) is 10.8. The van der Waals surface area contributed by atoms with Gasteiger partial charge in [0.05, 0.1) is 5.56 Å². The van der Waals surface area contributed by atoms with Crippen LogP contribution in [0.15, 0.2) is 54.6 Å². The average molecular weight is 702 g/mol. The van der Waals surface area contributed by atoms with E-state index in [1.807, 2.05) is 39.6 Å². The molecule has 1 fully saturated rings. The molecule has 1 unspecified atom stereocenters. The van der Waals surface area contributed by atoms with E-state index in [9.17, 15) is 24.6 Å². The maximum atomic E-state index is 12.9. The van der Waals surface area contributed by atoms with Crippen molar-refractivity contribution in [3.63, 3.8) is 0 Å². The molecule has 5 rings (SSSR count). The lowest BCUT2D eigenvalue weighted by molar-refractivity contribution is -0.130. The molecular weight excluding hydrogens is 638 g/mol. The zero-order valence-electron chi connectivity index (χ0n) is 32.7. The van der Waals surface area contributed by atoms with Crippen LogP contribution in [0, 0.1) is 19.8 Å². The molecule has 51 heavy (non-hydrogen) atoms. The number of carbonyl (C=O) groups excluding carboxylic acids is 3. The van der Waals surface area contributed by atoms with Crippen molar-refractivity contribution < 1.29 is 29.3 Å². The number of cyclic esters (lactones) is 1. The summed E-state index contributed by atoms with van der Waals surface area (Å²) in [6, 6.07) is 14.8. The number of fused-ring (bicyclic) bond motifs is 1. The number of ketones is 1. The summed E-state index contributed by atoms with van der Waals surface area (Å²) < 4.78 is 6.05. The molecule has 1 heterocycles. The number of Topliss-reactive ketones (excluding diaryl/α,β-unsaturated/α-hetero) is 1. The van der Waals surface area contributed by atoms with Crippen molar-refractivity contribution in [1.82, 2.24) is 4.90 Å². The lowest BCUT2D eigenvalue weighted by Crippen LogP contribution is -2.31. The number of nitrogens with zero attached hydrogens (tertiary/aromatic N) is 1. The maximum absolute atomic E-state index is 12.9. The number of aromatic hydroxyl groups is 2. The maximum Gasteiger partial charge on any atom is 0.340 e. The van der Waals surface area contributed by atoms with Gasteiger partial charge in [0.25, 0.3) is 0 Å². The molecule has 2 N–H and O–H groups in total. The molecule has 2 aliphatic rings. The van der Waals surface area contributed by atoms with E-state index < -0.39 is 11.6 Å². The fraction of sp³-hybridized carbons (Fsp3) is 0.523. The third-order valence-electron chi connectivity index (χ3n) is 9.33. The number of ether oxygens (including phenoxy) is 1. The molecule has 0 spiro atoms. The highest BCUT2D eigenvalue weighted by atomic mass is 16.6. The molecule has 7 nitrogen and oxygen atoms in total. The van der Waals surface area contributed by atoms with E-state index in [1.165, 1.54) is 58.3 Å². The summed E-state index contributed by atoms with van der Waals surface area (Å²) in [6.45, 7) is 16.7. The van der Waals surface area contributed by atoms with Gasteiger partial charge >= 0.3 is 5.97 Å². The second-order valence-corrected chi connectivity index (χ2v) is 13.7. The molecule has 1 aliphatic heterocycles. The molecule has 1 amide bonds. The number of aryl methyl sites for hydroxylation is 2. The number of carbonyl (C=O) groups is 3. The number of benzene rings is 3. The second kappa shape index (κ2) is 21.3. The van der Waals surface area contributed by atoms with E-state index >= 15 is 0 Å². The number of esters is 1. The summed E-state index contributed by atoms with van der Waals surface area (Å²) in [5.41, 5.74) is 3.02. The van der Waals surface area contributed by atoms with E-state index in [4.69, 9.17) is 4.74 Å². The van der Waals surface area contributed by atoms with Gasteiger partial charge in [-0.25, -0.2) is 4.79 Å². The third kappa shape index (κ3) is 12.3. The van der Waals surface area contributed by atoms with E-state index in [1.54, 1.807) is 54.6 Å². The number of hydrogen-bond acceptors (Lipinski definition) is 6. The molecule has 3 aromatic carbocycles. The van der Waals surface area contributed by atoms with Crippen molar-refractivity contribution in [2.75, 3.05) is 13.6 Å². The zero-order valence-corrected chi connectivity index (χ0v) is 32.7. The largest absolute Gasteiger partial charge is 0.508 e. The first-order valence-corrected chi connectivity index (χ1v) is 19.1. The van der Waals surface area contributed by atoms with Gasteiger partial charge < -0.3 is 19.8 Å². The Morgan fingerprint density at radius 2 is 1.35 bits per heavy atom. The highest BCUT2D eigenvalue weighted by Gasteiger charge is 2.50. The molecule has 7 heteroatoms. The molecule has 3 aromatic rings. The van der Waals surface area contributed by atoms with Crippen LogP contribution < -0.4 is 0 Å². The number of phenolic OH excluding ortho intramolecular Hbond substituents is 2. The normalized spacial score (nSPS) is 13.9. The quantitative estimate of drug-likeness (QED) is 0.104. The number of rotatable bonds is 13. The SMILES string of the molecule is C1CC1.CC.CC(=O)c1ccc2c(c1)C(=O)OC2(c1ccc(O)cc1C)c1ccc(O)cc1C.CCCC(=O)N(C)CCCCCCC(C)CC. The Kier molecular flexibility index (Phi) is 18.0. The topological polar surface area (TPSA) is 104 Å². The molecule has 1 saturated carbocycles. The Morgan fingerprint density at radius 1 is 0.824 bits per heavy atom. The third-order valence-corrected chi connectivity index (χ3v) is 9.33. The monoisotopic (exact) mass is 701 g/mol. The number of amides is 1. The van der Waals surface area contributed by atoms with Crippen molar-refractivity contribution in [2.24, 2.45) is 5.92 Å². The summed E-state index contributed by atoms with van der Waals surface area (Å²) >= 11 is 0. The van der Waals surface area contributed by atoms with Crippen LogP contribution in [-0.2, 0) is 15.1 Å². The lowest BCUT2D eigenvalue weighted by atomic mass is 9.76. The van der Waals surface area contributed by atoms with Crippen LogP contribution in [0.5, 0.6) is 11.5 Å². The summed E-state index contributed by atoms with van der Waals surface area (Å²) in [6.07, 6.45) is 13.9. The second-order valence-electron chi connectivity index (χ2n) is 13.7. The molecule has 280 valence electrons. The number of phenols is 2. The van der Waals surface area contributed by atoms with Gasteiger partial charge in [-0.2, -0.15) is 0 Å². The van der Waals surface area contributed by atoms with Gasteiger partial charge in [-0.3, -0.25) is 9.59 Å². The average Bonchev–Trinajstić information content (AvgIpc) is 3.97. The van der Waals surface area contributed by atoms with E-state index in [0.717, 1.165) is 36.4 Å². The highest BCUT2D eigenvalue weighted by Crippen LogP contribution is 2.49. The van der Waals surface area contributed by atoms with Crippen molar-refractivity contribution >= 4 is 17.7 Å². The first kappa shape index (κ1) is 43.0. The molecule has 0 saturated heterocycles. The Labute approximate surface area is 307 Å². The van der Waals surface area contributed by atoms with Crippen molar-refractivity contribution in [3.05, 3.63) is 93.5 Å². The van der Waals surface area contributed by atoms with Gasteiger partial charge in [0.15, 0.2) is 11.4 Å². The van der Waals surface area contributed by atoms with E-state index in [0.29, 0.717) is 40.1 Å². The molecule has 0 radical (unpaired) electrons. The van der Waals surface area contributed by atoms with Crippen LogP contribution >= 0.6 is 0 Å². The standard InChI is InChI=1S/C24H20O5.C15H31NO.C3H6.C2H6/c1-13-10-17(26)5-8-20(13)24(21-9-6-18(27)11-14(21)2)22-7-4-16(15(3)25)12-19(22)23(28)29-24;1-5-11-15(17)16(4)13-10-8-7-9-12-14(3)6-2;1-2-3-1;1-2/h4-12,26-27H,1-3H3;14H,5-13H2,1-4H3;1-3H2;1-2H3. The van der Waals surface area contributed by atoms with Crippen LogP contribution in [0.3, 0.4) is 0 Å². The molecule has 0 bridgehead atoms. The van der Waals surface area contributed by atoms with E-state index in [-0.39, 0.29) is 17.3 Å². The van der Waals surface area contributed by atoms with Crippen LogP contribution in [-0.4, -0.2) is 46.4 Å². The summed E-state index contributed by atoms with van der Waals surface area (Å²) in [5, 5.41) is 19.8. The zero-order chi connectivity index (χ0) is 38.1. The fourth-order valence-electron chi connectivity index (χ4n) is 6.05. The summed E-state index contributed by atoms with van der Waals surface area (Å²) in [5.74, 6) is 0.735. The van der Waals surface area contributed by atoms with Crippen molar-refractivity contribution in [2.45, 2.75) is 132 Å². The Balaban J connectivity index is 0.000000348. The Hall–Kier alpha value is -4.13. The van der Waals surface area contributed by atoms with Gasteiger partial charge in [0, 0.05) is 42.3 Å². The van der Waals surface area contributed by atoms with Gasteiger partial charge in [-0.15, -0.1) is 0 Å². The molecule has 1 atom stereocenters.